The molecule has 3 rings (SSSR count). The number of hydrogen-bond donors (Lipinski definition) is 0. The Labute approximate surface area is 163 Å². The van der Waals surface area contributed by atoms with E-state index in [2.05, 4.69) is 25.6 Å². The average Bonchev–Trinajstić information content (AvgIpc) is 2.90. The van der Waals surface area contributed by atoms with Crippen LogP contribution < -0.4 is 4.74 Å². The molecular formula is C21H19NO2S2. The van der Waals surface area contributed by atoms with E-state index in [1.165, 1.54) is 22.9 Å². The van der Waals surface area contributed by atoms with E-state index in [4.69, 9.17) is 17.0 Å². The lowest BCUT2D eigenvalue weighted by Gasteiger charge is -2.10. The number of carbonyl (C=O) groups is 1. The molecular weight excluding hydrogens is 362 g/mol. The zero-order valence-electron chi connectivity index (χ0n) is 14.5. The maximum atomic E-state index is 12.3. The summed E-state index contributed by atoms with van der Waals surface area (Å²) < 4.78 is 6.42. The summed E-state index contributed by atoms with van der Waals surface area (Å²) in [5.41, 5.74) is 3.32. The highest BCUT2D eigenvalue weighted by atomic mass is 32.2. The lowest BCUT2D eigenvalue weighted by Crippen LogP contribution is -2.27. The van der Waals surface area contributed by atoms with E-state index in [1.807, 2.05) is 42.5 Å². The van der Waals surface area contributed by atoms with Gasteiger partial charge in [-0.25, -0.2) is 0 Å². The lowest BCUT2D eigenvalue weighted by atomic mass is 10.1. The van der Waals surface area contributed by atoms with E-state index < -0.39 is 0 Å². The predicted molar refractivity (Wildman–Crippen MR) is 112 cm³/mol. The Balaban J connectivity index is 1.66. The molecule has 0 unspecified atom stereocenters. The lowest BCUT2D eigenvalue weighted by molar-refractivity contribution is -0.121. The Morgan fingerprint density at radius 1 is 1.19 bits per heavy atom. The third kappa shape index (κ3) is 4.23. The number of hydrogen-bond acceptors (Lipinski definition) is 4. The SMILES string of the molecule is C=CCN1C(=O)C(=Cc2ccc(OCc3ccccc3C)cc2)SC1=S. The first-order valence-corrected chi connectivity index (χ1v) is 9.44. The second-order valence-corrected chi connectivity index (χ2v) is 7.54. The van der Waals surface area contributed by atoms with Crippen molar-refractivity contribution < 1.29 is 9.53 Å². The third-order valence-electron chi connectivity index (χ3n) is 4.02. The van der Waals surface area contributed by atoms with Crippen molar-refractivity contribution in [3.63, 3.8) is 0 Å². The van der Waals surface area contributed by atoms with Gasteiger partial charge in [0.1, 0.15) is 16.7 Å². The van der Waals surface area contributed by atoms with Crippen molar-refractivity contribution in [3.05, 3.63) is 82.8 Å². The van der Waals surface area contributed by atoms with Crippen LogP contribution in [0, 0.1) is 6.92 Å². The molecule has 0 aliphatic carbocycles. The molecule has 0 bridgehead atoms. The highest BCUT2D eigenvalue weighted by Crippen LogP contribution is 2.32. The van der Waals surface area contributed by atoms with E-state index >= 15 is 0 Å². The molecule has 1 aliphatic heterocycles. The zero-order valence-corrected chi connectivity index (χ0v) is 16.1. The fourth-order valence-electron chi connectivity index (χ4n) is 2.53. The molecule has 0 spiro atoms. The second kappa shape index (κ2) is 8.34. The van der Waals surface area contributed by atoms with Crippen LogP contribution in [0.15, 0.2) is 66.1 Å². The molecule has 5 heteroatoms. The molecule has 2 aromatic rings. The Morgan fingerprint density at radius 2 is 1.92 bits per heavy atom. The molecule has 26 heavy (non-hydrogen) atoms. The first kappa shape index (κ1) is 18.4. The standard InChI is InChI=1S/C21H19NO2S2/c1-3-12-22-20(23)19(26-21(22)25)13-16-8-10-18(11-9-16)24-14-17-7-5-4-6-15(17)2/h3-11,13H,1,12,14H2,2H3. The zero-order chi connectivity index (χ0) is 18.5. The quantitative estimate of drug-likeness (QED) is 0.402. The summed E-state index contributed by atoms with van der Waals surface area (Å²) in [6.45, 7) is 6.71. The maximum absolute atomic E-state index is 12.3. The molecule has 1 aliphatic rings. The number of amides is 1. The Kier molecular flexibility index (Phi) is 5.91. The predicted octanol–water partition coefficient (Wildman–Crippen LogP) is 4.96. The average molecular weight is 382 g/mol. The number of carbonyl (C=O) groups excluding carboxylic acids is 1. The minimum atomic E-state index is -0.0696. The molecule has 2 aromatic carbocycles. The van der Waals surface area contributed by atoms with E-state index in [-0.39, 0.29) is 5.91 Å². The van der Waals surface area contributed by atoms with Gasteiger partial charge in [-0.2, -0.15) is 0 Å². The van der Waals surface area contributed by atoms with Crippen molar-refractivity contribution in [2.24, 2.45) is 0 Å². The molecule has 1 amide bonds. The van der Waals surface area contributed by atoms with Crippen molar-refractivity contribution in [2.45, 2.75) is 13.5 Å². The fraction of sp³-hybridized carbons (Fsp3) is 0.143. The van der Waals surface area contributed by atoms with Crippen molar-refractivity contribution in [3.8, 4) is 5.75 Å². The Morgan fingerprint density at radius 3 is 2.62 bits per heavy atom. The van der Waals surface area contributed by atoms with Crippen molar-refractivity contribution >= 4 is 40.3 Å². The van der Waals surface area contributed by atoms with Crippen molar-refractivity contribution in [1.29, 1.82) is 0 Å². The topological polar surface area (TPSA) is 29.5 Å². The number of nitrogens with zero attached hydrogens (tertiary/aromatic N) is 1. The molecule has 0 aromatic heterocycles. The first-order valence-electron chi connectivity index (χ1n) is 8.22. The summed E-state index contributed by atoms with van der Waals surface area (Å²) in [6, 6.07) is 15.9. The number of rotatable bonds is 6. The number of thiocarbonyl (C=S) groups is 1. The van der Waals surface area contributed by atoms with Gasteiger partial charge < -0.3 is 4.74 Å². The normalized spacial score (nSPS) is 15.6. The van der Waals surface area contributed by atoms with Crippen LogP contribution in [0.5, 0.6) is 5.75 Å². The highest BCUT2D eigenvalue weighted by Gasteiger charge is 2.30. The molecule has 1 heterocycles. The first-order chi connectivity index (χ1) is 12.6. The summed E-state index contributed by atoms with van der Waals surface area (Å²) in [5, 5.41) is 0. The molecule has 0 saturated carbocycles. The molecule has 3 nitrogen and oxygen atoms in total. The summed E-state index contributed by atoms with van der Waals surface area (Å²) in [6.07, 6.45) is 3.53. The van der Waals surface area contributed by atoms with Gasteiger partial charge >= 0.3 is 0 Å². The molecule has 0 atom stereocenters. The number of aryl methyl sites for hydroxylation is 1. The number of thioether (sulfide) groups is 1. The Hall–Kier alpha value is -2.37. The van der Waals surface area contributed by atoms with Gasteiger partial charge in [0.25, 0.3) is 5.91 Å². The third-order valence-corrected chi connectivity index (χ3v) is 5.40. The van der Waals surface area contributed by atoms with Crippen molar-refractivity contribution in [2.75, 3.05) is 6.54 Å². The van der Waals surface area contributed by atoms with Crippen LogP contribution >= 0.6 is 24.0 Å². The van der Waals surface area contributed by atoms with Crippen molar-refractivity contribution in [1.82, 2.24) is 4.90 Å². The summed E-state index contributed by atoms with van der Waals surface area (Å²) >= 11 is 6.57. The van der Waals surface area contributed by atoms with Crippen LogP contribution in [0.2, 0.25) is 0 Å². The summed E-state index contributed by atoms with van der Waals surface area (Å²) in [5.74, 6) is 0.726. The minimum Gasteiger partial charge on any atom is -0.489 e. The minimum absolute atomic E-state index is 0.0696. The van der Waals surface area contributed by atoms with Gasteiger partial charge in [0.2, 0.25) is 0 Å². The van der Waals surface area contributed by atoms with Gasteiger partial charge in [-0.3, -0.25) is 9.69 Å². The van der Waals surface area contributed by atoms with E-state index in [0.717, 1.165) is 11.3 Å². The molecule has 1 saturated heterocycles. The number of benzene rings is 2. The monoisotopic (exact) mass is 381 g/mol. The van der Waals surface area contributed by atoms with Gasteiger partial charge in [0.05, 0.1) is 4.91 Å². The van der Waals surface area contributed by atoms with Gasteiger partial charge in [-0.05, 0) is 41.8 Å². The molecule has 1 fully saturated rings. The fourth-order valence-corrected chi connectivity index (χ4v) is 3.81. The highest BCUT2D eigenvalue weighted by molar-refractivity contribution is 8.26. The number of ether oxygens (including phenoxy) is 1. The van der Waals surface area contributed by atoms with Crippen LogP contribution in [0.4, 0.5) is 0 Å². The largest absolute Gasteiger partial charge is 0.489 e. The van der Waals surface area contributed by atoms with Crippen LogP contribution in [0.25, 0.3) is 6.08 Å². The van der Waals surface area contributed by atoms with Crippen LogP contribution in [0.1, 0.15) is 16.7 Å². The summed E-state index contributed by atoms with van der Waals surface area (Å²) in [7, 11) is 0. The van der Waals surface area contributed by atoms with Crippen LogP contribution in [-0.4, -0.2) is 21.7 Å². The van der Waals surface area contributed by atoms with E-state index in [9.17, 15) is 4.79 Å². The van der Waals surface area contributed by atoms with E-state index in [0.29, 0.717) is 22.4 Å². The van der Waals surface area contributed by atoms with Gasteiger partial charge in [0.15, 0.2) is 0 Å². The summed E-state index contributed by atoms with van der Waals surface area (Å²) in [4.78, 5) is 14.5. The van der Waals surface area contributed by atoms with Gasteiger partial charge in [-0.15, -0.1) is 6.58 Å². The molecule has 132 valence electrons. The molecule has 0 N–H and O–H groups in total. The van der Waals surface area contributed by atoms with Gasteiger partial charge in [-0.1, -0.05) is 66.5 Å². The smallest absolute Gasteiger partial charge is 0.266 e. The maximum Gasteiger partial charge on any atom is 0.266 e. The van der Waals surface area contributed by atoms with Crippen LogP contribution in [-0.2, 0) is 11.4 Å². The van der Waals surface area contributed by atoms with Crippen LogP contribution in [0.3, 0.4) is 0 Å². The van der Waals surface area contributed by atoms with E-state index in [1.54, 1.807) is 11.0 Å². The van der Waals surface area contributed by atoms with Gasteiger partial charge in [0, 0.05) is 6.54 Å². The Bertz CT molecular complexity index is 872. The second-order valence-electron chi connectivity index (χ2n) is 5.87. The molecule has 0 radical (unpaired) electrons.